The van der Waals surface area contributed by atoms with Crippen LogP contribution in [0.2, 0.25) is 0 Å². The zero-order chi connectivity index (χ0) is 15.1. The summed E-state index contributed by atoms with van der Waals surface area (Å²) in [6.45, 7) is 1.60. The summed E-state index contributed by atoms with van der Waals surface area (Å²) >= 11 is 0. The van der Waals surface area contributed by atoms with Gasteiger partial charge in [0, 0.05) is 24.6 Å². The molecule has 0 amide bonds. The van der Waals surface area contributed by atoms with Crippen molar-refractivity contribution >= 4 is 5.78 Å². The van der Waals surface area contributed by atoms with Crippen LogP contribution < -0.4 is 4.74 Å². The van der Waals surface area contributed by atoms with Crippen molar-refractivity contribution in [2.45, 2.75) is 42.9 Å². The molecule has 0 aromatic heterocycles. The molecule has 0 bridgehead atoms. The number of benzene rings is 1. The number of rotatable bonds is 0. The highest BCUT2D eigenvalue weighted by atomic mass is 16.5. The van der Waals surface area contributed by atoms with E-state index in [-0.39, 0.29) is 29.1 Å². The summed E-state index contributed by atoms with van der Waals surface area (Å²) in [6.07, 6.45) is 1.64. The van der Waals surface area contributed by atoms with Crippen molar-refractivity contribution in [3.63, 3.8) is 0 Å². The molecule has 1 saturated carbocycles. The molecule has 2 heterocycles. The van der Waals surface area contributed by atoms with E-state index >= 15 is 0 Å². The summed E-state index contributed by atoms with van der Waals surface area (Å²) in [5, 5.41) is 10.2. The Bertz CT molecular complexity index is 687. The van der Waals surface area contributed by atoms with Crippen LogP contribution in [0.15, 0.2) is 12.1 Å². The Kier molecular flexibility index (Phi) is 2.36. The molecule has 5 rings (SSSR count). The third-order valence-corrected chi connectivity index (χ3v) is 6.05. The van der Waals surface area contributed by atoms with Gasteiger partial charge in [0.15, 0.2) is 23.4 Å². The molecule has 1 aromatic rings. The van der Waals surface area contributed by atoms with Crippen molar-refractivity contribution in [2.75, 3.05) is 20.2 Å². The lowest BCUT2D eigenvalue weighted by molar-refractivity contribution is -0.186. The number of ether oxygens (including phenoxy) is 2. The van der Waals surface area contributed by atoms with Crippen LogP contribution in [0.3, 0.4) is 0 Å². The Hall–Kier alpha value is -1.59. The standard InChI is InChI=1S/C17H19NO4/c1-18-6-7-21-17-5-4-11(20)16-14(17)13-9(8-12(17)18)2-3-10(19)15(13)22-16/h2-3,12,14,16,19H,4-8H2,1H3/t12-,14+,16+,17-/m1/s1. The molecule has 5 nitrogen and oxygen atoms in total. The van der Waals surface area contributed by atoms with Gasteiger partial charge >= 0.3 is 0 Å². The first kappa shape index (κ1) is 12.9. The summed E-state index contributed by atoms with van der Waals surface area (Å²) in [5.41, 5.74) is 1.86. The molecular weight excluding hydrogens is 282 g/mol. The van der Waals surface area contributed by atoms with E-state index in [1.54, 1.807) is 6.07 Å². The first-order valence-electron chi connectivity index (χ1n) is 8.00. The minimum Gasteiger partial charge on any atom is -0.504 e. The second kappa shape index (κ2) is 4.03. The molecule has 1 aromatic carbocycles. The van der Waals surface area contributed by atoms with E-state index in [2.05, 4.69) is 11.9 Å². The van der Waals surface area contributed by atoms with Crippen molar-refractivity contribution in [2.24, 2.45) is 0 Å². The van der Waals surface area contributed by atoms with Gasteiger partial charge < -0.3 is 14.6 Å². The molecule has 1 saturated heterocycles. The molecule has 4 aliphatic rings. The number of phenols is 1. The van der Waals surface area contributed by atoms with Gasteiger partial charge in [0.25, 0.3) is 0 Å². The molecule has 116 valence electrons. The minimum absolute atomic E-state index is 0.0765. The SMILES string of the molecule is CN1CCO[C@@]23CCC(=O)[C@@H]4Oc5c(O)ccc(c5[C@@H]42)C[C@@H]13. The summed E-state index contributed by atoms with van der Waals surface area (Å²) < 4.78 is 12.3. The van der Waals surface area contributed by atoms with E-state index in [0.717, 1.165) is 24.9 Å². The van der Waals surface area contributed by atoms with Crippen LogP contribution in [0.4, 0.5) is 0 Å². The highest BCUT2D eigenvalue weighted by Gasteiger charge is 2.63. The van der Waals surface area contributed by atoms with Crippen LogP contribution in [-0.2, 0) is 16.0 Å². The zero-order valence-corrected chi connectivity index (χ0v) is 12.5. The number of nitrogens with zero attached hydrogens (tertiary/aromatic N) is 1. The lowest BCUT2D eigenvalue weighted by atomic mass is 9.61. The highest BCUT2D eigenvalue weighted by molar-refractivity contribution is 5.88. The molecule has 2 aliphatic carbocycles. The Morgan fingerprint density at radius 2 is 2.27 bits per heavy atom. The van der Waals surface area contributed by atoms with E-state index in [9.17, 15) is 9.90 Å². The van der Waals surface area contributed by atoms with Gasteiger partial charge in [0.1, 0.15) is 0 Å². The van der Waals surface area contributed by atoms with E-state index in [1.807, 2.05) is 6.07 Å². The maximum atomic E-state index is 12.4. The van der Waals surface area contributed by atoms with Gasteiger partial charge in [-0.3, -0.25) is 9.69 Å². The summed E-state index contributed by atoms with van der Waals surface area (Å²) in [4.78, 5) is 14.8. The maximum Gasteiger partial charge on any atom is 0.174 e. The molecule has 5 heteroatoms. The number of hydrogen-bond donors (Lipinski definition) is 1. The molecule has 22 heavy (non-hydrogen) atoms. The Morgan fingerprint density at radius 1 is 1.41 bits per heavy atom. The fraction of sp³-hybridized carbons (Fsp3) is 0.588. The van der Waals surface area contributed by atoms with Crippen LogP contribution in [0.1, 0.15) is 29.9 Å². The number of morpholine rings is 1. The van der Waals surface area contributed by atoms with Crippen molar-refractivity contribution in [1.82, 2.24) is 4.90 Å². The first-order chi connectivity index (χ1) is 10.6. The van der Waals surface area contributed by atoms with E-state index in [4.69, 9.17) is 9.47 Å². The van der Waals surface area contributed by atoms with Crippen LogP contribution in [0.25, 0.3) is 0 Å². The first-order valence-corrected chi connectivity index (χ1v) is 8.00. The van der Waals surface area contributed by atoms with Gasteiger partial charge in [0.05, 0.1) is 18.1 Å². The average Bonchev–Trinajstić information content (AvgIpc) is 2.93. The molecule has 2 aliphatic heterocycles. The molecule has 0 unspecified atom stereocenters. The second-order valence-electron chi connectivity index (χ2n) is 6.97. The van der Waals surface area contributed by atoms with Crippen molar-refractivity contribution < 1.29 is 19.4 Å². The molecule has 1 N–H and O–H groups in total. The quantitative estimate of drug-likeness (QED) is 0.781. The lowest BCUT2D eigenvalue weighted by Crippen LogP contribution is -2.67. The van der Waals surface area contributed by atoms with Crippen LogP contribution in [0.5, 0.6) is 11.5 Å². The number of carbonyl (C=O) groups is 1. The van der Waals surface area contributed by atoms with Gasteiger partial charge in [-0.2, -0.15) is 0 Å². The van der Waals surface area contributed by atoms with Crippen molar-refractivity contribution in [3.8, 4) is 11.5 Å². The number of phenolic OH excluding ortho intramolecular Hbond substituents is 1. The number of ketones is 1. The molecule has 0 radical (unpaired) electrons. The Labute approximate surface area is 128 Å². The Morgan fingerprint density at radius 3 is 3.14 bits per heavy atom. The number of carbonyl (C=O) groups excluding carboxylic acids is 1. The molecule has 1 spiro atoms. The fourth-order valence-electron chi connectivity index (χ4n) is 5.06. The normalized spacial score (nSPS) is 39.1. The lowest BCUT2D eigenvalue weighted by Gasteiger charge is -2.56. The highest BCUT2D eigenvalue weighted by Crippen LogP contribution is 2.59. The smallest absolute Gasteiger partial charge is 0.174 e. The summed E-state index contributed by atoms with van der Waals surface area (Å²) in [5.74, 6) is 0.707. The topological polar surface area (TPSA) is 59.0 Å². The summed E-state index contributed by atoms with van der Waals surface area (Å²) in [6, 6.07) is 3.94. The number of likely N-dealkylation sites (N-methyl/N-ethyl adjacent to an activating group) is 1. The number of hydrogen-bond acceptors (Lipinski definition) is 5. The van der Waals surface area contributed by atoms with Crippen LogP contribution >= 0.6 is 0 Å². The largest absolute Gasteiger partial charge is 0.504 e. The number of aromatic hydroxyl groups is 1. The van der Waals surface area contributed by atoms with Crippen molar-refractivity contribution in [3.05, 3.63) is 23.3 Å². The van der Waals surface area contributed by atoms with Crippen molar-refractivity contribution in [1.29, 1.82) is 0 Å². The van der Waals surface area contributed by atoms with Gasteiger partial charge in [-0.1, -0.05) is 6.07 Å². The monoisotopic (exact) mass is 301 g/mol. The van der Waals surface area contributed by atoms with Gasteiger partial charge in [-0.05, 0) is 31.5 Å². The molecule has 2 fully saturated rings. The molecular formula is C17H19NO4. The minimum atomic E-state index is -0.495. The van der Waals surface area contributed by atoms with E-state index in [0.29, 0.717) is 18.8 Å². The average molecular weight is 301 g/mol. The maximum absolute atomic E-state index is 12.4. The predicted octanol–water partition coefficient (Wildman–Crippen LogP) is 1.23. The molecule has 4 atom stereocenters. The van der Waals surface area contributed by atoms with Crippen LogP contribution in [-0.4, -0.2) is 53.7 Å². The van der Waals surface area contributed by atoms with Gasteiger partial charge in [0.2, 0.25) is 0 Å². The zero-order valence-electron chi connectivity index (χ0n) is 12.5. The third-order valence-electron chi connectivity index (χ3n) is 6.05. The van der Waals surface area contributed by atoms with Gasteiger partial charge in [-0.15, -0.1) is 0 Å². The van der Waals surface area contributed by atoms with Crippen LogP contribution in [0, 0.1) is 0 Å². The fourth-order valence-corrected chi connectivity index (χ4v) is 5.06. The van der Waals surface area contributed by atoms with E-state index in [1.165, 1.54) is 5.56 Å². The summed E-state index contributed by atoms with van der Waals surface area (Å²) in [7, 11) is 2.14. The third kappa shape index (κ3) is 1.35. The predicted molar refractivity (Wildman–Crippen MR) is 78.3 cm³/mol. The number of Topliss-reactive ketones (excluding diaryl/α,β-unsaturated/α-hetero) is 1. The van der Waals surface area contributed by atoms with E-state index < -0.39 is 6.10 Å². The second-order valence-corrected chi connectivity index (χ2v) is 6.97. The Balaban J connectivity index is 1.77. The van der Waals surface area contributed by atoms with Gasteiger partial charge in [-0.25, -0.2) is 0 Å².